The number of benzene rings is 2. The maximum Gasteiger partial charge on any atom is 0.416 e. The molecule has 0 aliphatic heterocycles. The van der Waals surface area contributed by atoms with Crippen LogP contribution in [0.4, 0.5) is 18.9 Å². The van der Waals surface area contributed by atoms with E-state index in [0.29, 0.717) is 16.9 Å². The van der Waals surface area contributed by atoms with Gasteiger partial charge in [0.1, 0.15) is 0 Å². The number of hydrogen-bond acceptors (Lipinski definition) is 4. The smallest absolute Gasteiger partial charge is 0.328 e. The number of nitro groups is 1. The molecule has 4 nitrogen and oxygen atoms in total. The van der Waals surface area contributed by atoms with E-state index in [9.17, 15) is 23.3 Å². The summed E-state index contributed by atoms with van der Waals surface area (Å²) >= 11 is 1.14. The second-order valence-corrected chi connectivity index (χ2v) is 6.74. The van der Waals surface area contributed by atoms with Gasteiger partial charge in [-0.25, -0.2) is 0 Å². The predicted molar refractivity (Wildman–Crippen MR) is 91.5 cm³/mol. The molecule has 2 N–H and O–H groups in total. The molecule has 2 rings (SSSR count). The van der Waals surface area contributed by atoms with Crippen LogP contribution in [0.2, 0.25) is 0 Å². The molecular weight excluding hydrogens is 353 g/mol. The van der Waals surface area contributed by atoms with Gasteiger partial charge < -0.3 is 5.73 Å². The summed E-state index contributed by atoms with van der Waals surface area (Å²) in [6.07, 6.45) is -3.90. The maximum atomic E-state index is 12.7. The standard InChI is InChI=1S/C17H17F3N2O2S/c1-11(21)7-12-5-6-16(15(9-12)22(23)24)25-10-13-3-2-4-14(8-13)17(18,19)20/h2-6,8-9,11H,7,10,21H2,1H3. The van der Waals surface area contributed by atoms with Gasteiger partial charge >= 0.3 is 6.18 Å². The van der Waals surface area contributed by atoms with Crippen molar-refractivity contribution >= 4 is 17.4 Å². The summed E-state index contributed by atoms with van der Waals surface area (Å²) in [5.41, 5.74) is 6.12. The number of nitrogens with zero attached hydrogens (tertiary/aromatic N) is 1. The van der Waals surface area contributed by atoms with E-state index in [2.05, 4.69) is 0 Å². The van der Waals surface area contributed by atoms with E-state index in [-0.39, 0.29) is 17.5 Å². The highest BCUT2D eigenvalue weighted by molar-refractivity contribution is 7.98. The number of nitro benzene ring substituents is 1. The molecule has 0 spiro atoms. The quantitative estimate of drug-likeness (QED) is 0.451. The molecule has 0 radical (unpaired) electrons. The molecule has 1 atom stereocenters. The van der Waals surface area contributed by atoms with E-state index < -0.39 is 16.7 Å². The van der Waals surface area contributed by atoms with Gasteiger partial charge in [0.05, 0.1) is 15.4 Å². The minimum atomic E-state index is -4.41. The van der Waals surface area contributed by atoms with Crippen LogP contribution < -0.4 is 5.73 Å². The van der Waals surface area contributed by atoms with E-state index in [4.69, 9.17) is 5.73 Å². The third kappa shape index (κ3) is 5.47. The molecule has 0 saturated heterocycles. The van der Waals surface area contributed by atoms with E-state index in [1.54, 1.807) is 18.2 Å². The van der Waals surface area contributed by atoms with Gasteiger partial charge in [0, 0.05) is 17.9 Å². The van der Waals surface area contributed by atoms with Gasteiger partial charge in [-0.05, 0) is 36.6 Å². The van der Waals surface area contributed by atoms with E-state index in [1.807, 2.05) is 6.92 Å². The van der Waals surface area contributed by atoms with Crippen LogP contribution in [0.1, 0.15) is 23.6 Å². The minimum Gasteiger partial charge on any atom is -0.328 e. The number of nitrogens with two attached hydrogens (primary N) is 1. The van der Waals surface area contributed by atoms with Crippen molar-refractivity contribution in [3.05, 3.63) is 69.3 Å². The molecule has 0 saturated carbocycles. The average molecular weight is 370 g/mol. The van der Waals surface area contributed by atoms with Gasteiger partial charge in [0.2, 0.25) is 0 Å². The Morgan fingerprint density at radius 3 is 2.52 bits per heavy atom. The van der Waals surface area contributed by atoms with Crippen LogP contribution in [-0.4, -0.2) is 11.0 Å². The Morgan fingerprint density at radius 2 is 1.92 bits per heavy atom. The fourth-order valence-electron chi connectivity index (χ4n) is 2.32. The largest absolute Gasteiger partial charge is 0.416 e. The molecule has 134 valence electrons. The average Bonchev–Trinajstić information content (AvgIpc) is 2.52. The normalized spacial score (nSPS) is 12.8. The summed E-state index contributed by atoms with van der Waals surface area (Å²) in [7, 11) is 0. The molecule has 0 aromatic heterocycles. The first kappa shape index (κ1) is 19.3. The number of alkyl halides is 3. The predicted octanol–water partition coefficient (Wildman–Crippen LogP) is 4.80. The summed E-state index contributed by atoms with van der Waals surface area (Å²) < 4.78 is 38.2. The lowest BCUT2D eigenvalue weighted by Crippen LogP contribution is -2.17. The zero-order valence-corrected chi connectivity index (χ0v) is 14.2. The Morgan fingerprint density at radius 1 is 1.20 bits per heavy atom. The van der Waals surface area contributed by atoms with Crippen LogP contribution in [-0.2, 0) is 18.3 Å². The summed E-state index contributed by atoms with van der Waals surface area (Å²) in [6, 6.07) is 9.68. The SMILES string of the molecule is CC(N)Cc1ccc(SCc2cccc(C(F)(F)F)c2)c([N+](=O)[O-])c1. The summed E-state index contributed by atoms with van der Waals surface area (Å²) in [5, 5.41) is 11.3. The van der Waals surface area contributed by atoms with Crippen LogP contribution in [0.25, 0.3) is 0 Å². The molecule has 8 heteroatoms. The first-order valence-corrected chi connectivity index (χ1v) is 8.47. The lowest BCUT2D eigenvalue weighted by atomic mass is 10.1. The third-order valence-corrected chi connectivity index (χ3v) is 4.56. The van der Waals surface area contributed by atoms with E-state index in [0.717, 1.165) is 29.5 Å². The maximum absolute atomic E-state index is 12.7. The highest BCUT2D eigenvalue weighted by atomic mass is 32.2. The molecule has 2 aromatic rings. The zero-order chi connectivity index (χ0) is 18.6. The van der Waals surface area contributed by atoms with Crippen molar-refractivity contribution in [2.45, 2.75) is 36.2 Å². The monoisotopic (exact) mass is 370 g/mol. The highest BCUT2D eigenvalue weighted by Gasteiger charge is 2.30. The number of rotatable bonds is 6. The second-order valence-electron chi connectivity index (χ2n) is 5.73. The molecule has 25 heavy (non-hydrogen) atoms. The minimum absolute atomic E-state index is 0.0601. The summed E-state index contributed by atoms with van der Waals surface area (Å²) in [6.45, 7) is 1.81. The molecule has 0 heterocycles. The topological polar surface area (TPSA) is 69.2 Å². The van der Waals surface area contributed by atoms with Crippen molar-refractivity contribution in [3.8, 4) is 0 Å². The molecule has 0 aliphatic rings. The van der Waals surface area contributed by atoms with Gasteiger partial charge in [0.25, 0.3) is 5.69 Å². The van der Waals surface area contributed by atoms with Crippen molar-refractivity contribution in [3.63, 3.8) is 0 Å². The van der Waals surface area contributed by atoms with E-state index >= 15 is 0 Å². The Labute approximate surface area is 147 Å². The van der Waals surface area contributed by atoms with Gasteiger partial charge in [-0.1, -0.05) is 24.3 Å². The van der Waals surface area contributed by atoms with Gasteiger partial charge in [0.15, 0.2) is 0 Å². The molecular formula is C17H17F3N2O2S. The Hall–Kier alpha value is -2.06. The number of hydrogen-bond donors (Lipinski definition) is 1. The van der Waals surface area contributed by atoms with Crippen LogP contribution in [0.15, 0.2) is 47.4 Å². The van der Waals surface area contributed by atoms with Crippen LogP contribution in [0.3, 0.4) is 0 Å². The van der Waals surface area contributed by atoms with Crippen LogP contribution in [0, 0.1) is 10.1 Å². The lowest BCUT2D eigenvalue weighted by Gasteiger charge is -2.10. The first-order chi connectivity index (χ1) is 11.7. The molecule has 2 aromatic carbocycles. The van der Waals surface area contributed by atoms with Crippen molar-refractivity contribution in [1.82, 2.24) is 0 Å². The third-order valence-electron chi connectivity index (χ3n) is 3.43. The van der Waals surface area contributed by atoms with Gasteiger partial charge in [-0.3, -0.25) is 10.1 Å². The molecule has 0 aliphatic carbocycles. The molecule has 0 bridgehead atoms. The number of halogens is 3. The molecule has 0 fully saturated rings. The zero-order valence-electron chi connectivity index (χ0n) is 13.4. The van der Waals surface area contributed by atoms with Crippen molar-refractivity contribution in [1.29, 1.82) is 0 Å². The van der Waals surface area contributed by atoms with Gasteiger partial charge in [-0.15, -0.1) is 11.8 Å². The number of thioether (sulfide) groups is 1. The fourth-order valence-corrected chi connectivity index (χ4v) is 3.27. The van der Waals surface area contributed by atoms with Crippen molar-refractivity contribution < 1.29 is 18.1 Å². The first-order valence-electron chi connectivity index (χ1n) is 7.48. The van der Waals surface area contributed by atoms with Crippen molar-refractivity contribution in [2.75, 3.05) is 0 Å². The highest BCUT2D eigenvalue weighted by Crippen LogP contribution is 2.34. The van der Waals surface area contributed by atoms with E-state index in [1.165, 1.54) is 12.1 Å². The van der Waals surface area contributed by atoms with Gasteiger partial charge in [-0.2, -0.15) is 13.2 Å². The molecule has 0 amide bonds. The van der Waals surface area contributed by atoms with Crippen LogP contribution in [0.5, 0.6) is 0 Å². The molecule has 1 unspecified atom stereocenters. The Kier molecular flexibility index (Phi) is 6.07. The second kappa shape index (κ2) is 7.88. The Balaban J connectivity index is 2.19. The summed E-state index contributed by atoms with van der Waals surface area (Å²) in [4.78, 5) is 11.2. The fraction of sp³-hybridized carbons (Fsp3) is 0.294. The van der Waals surface area contributed by atoms with Crippen LogP contribution >= 0.6 is 11.8 Å². The Bertz CT molecular complexity index is 764. The summed E-state index contributed by atoms with van der Waals surface area (Å²) in [5.74, 6) is 0.206. The lowest BCUT2D eigenvalue weighted by molar-refractivity contribution is -0.387. The van der Waals surface area contributed by atoms with Crippen molar-refractivity contribution in [2.24, 2.45) is 5.73 Å².